The van der Waals surface area contributed by atoms with E-state index in [9.17, 15) is 4.79 Å². The van der Waals surface area contributed by atoms with Crippen LogP contribution in [-0.2, 0) is 11.3 Å². The van der Waals surface area contributed by atoms with Crippen LogP contribution in [0, 0.1) is 0 Å². The van der Waals surface area contributed by atoms with E-state index in [1.54, 1.807) is 13.3 Å². The van der Waals surface area contributed by atoms with Gasteiger partial charge in [0.15, 0.2) is 5.69 Å². The van der Waals surface area contributed by atoms with Gasteiger partial charge in [0.1, 0.15) is 5.82 Å². The van der Waals surface area contributed by atoms with Gasteiger partial charge in [-0.25, -0.2) is 9.78 Å². The predicted molar refractivity (Wildman–Crippen MR) is 76.5 cm³/mol. The van der Waals surface area contributed by atoms with Gasteiger partial charge in [0.05, 0.1) is 12.9 Å². The SMILES string of the molecule is CCOC(=O)c1ncn(CC2CN(C)CCN2C)c1N. The minimum Gasteiger partial charge on any atom is -0.461 e. The summed E-state index contributed by atoms with van der Waals surface area (Å²) in [5, 5.41) is 0. The molecule has 1 fully saturated rings. The van der Waals surface area contributed by atoms with E-state index in [-0.39, 0.29) is 5.69 Å². The largest absolute Gasteiger partial charge is 0.461 e. The molecule has 0 bridgehead atoms. The Labute approximate surface area is 119 Å². The number of nitrogen functional groups attached to an aromatic ring is 1. The Morgan fingerprint density at radius 1 is 1.50 bits per heavy atom. The number of nitrogens with zero attached hydrogens (tertiary/aromatic N) is 4. The number of likely N-dealkylation sites (N-methyl/N-ethyl adjacent to an activating group) is 2. The van der Waals surface area contributed by atoms with Crippen LogP contribution in [0.4, 0.5) is 5.82 Å². The fourth-order valence-electron chi connectivity index (χ4n) is 2.42. The van der Waals surface area contributed by atoms with Gasteiger partial charge in [0, 0.05) is 32.2 Å². The van der Waals surface area contributed by atoms with Crippen molar-refractivity contribution >= 4 is 11.8 Å². The molecule has 2 heterocycles. The van der Waals surface area contributed by atoms with E-state index in [0.717, 1.165) is 26.2 Å². The summed E-state index contributed by atoms with van der Waals surface area (Å²) in [6.07, 6.45) is 1.62. The van der Waals surface area contributed by atoms with Crippen molar-refractivity contribution in [3.8, 4) is 0 Å². The molecule has 2 N–H and O–H groups in total. The standard InChI is InChI=1S/C13H23N5O2/c1-4-20-13(19)11-12(14)18(9-15-11)8-10-7-16(2)5-6-17(10)3/h9-10H,4-8,14H2,1-3H3. The Bertz CT molecular complexity index is 473. The highest BCUT2D eigenvalue weighted by atomic mass is 16.5. The molecule has 7 heteroatoms. The van der Waals surface area contributed by atoms with E-state index in [1.807, 2.05) is 4.57 Å². The summed E-state index contributed by atoms with van der Waals surface area (Å²) in [6.45, 7) is 5.88. The van der Waals surface area contributed by atoms with E-state index in [1.165, 1.54) is 0 Å². The second-order valence-electron chi connectivity index (χ2n) is 5.25. The van der Waals surface area contributed by atoms with Crippen molar-refractivity contribution in [2.75, 3.05) is 46.1 Å². The van der Waals surface area contributed by atoms with Crippen LogP contribution >= 0.6 is 0 Å². The third-order valence-electron chi connectivity index (χ3n) is 3.73. The number of ether oxygens (including phenoxy) is 1. The lowest BCUT2D eigenvalue weighted by molar-refractivity contribution is 0.0521. The molecular formula is C13H23N5O2. The van der Waals surface area contributed by atoms with E-state index in [0.29, 0.717) is 18.5 Å². The molecule has 1 saturated heterocycles. The van der Waals surface area contributed by atoms with Crippen LogP contribution in [0.5, 0.6) is 0 Å². The number of esters is 1. The van der Waals surface area contributed by atoms with E-state index in [2.05, 4.69) is 28.9 Å². The molecule has 1 aromatic heterocycles. The normalized spacial score (nSPS) is 21.1. The average Bonchev–Trinajstić information content (AvgIpc) is 2.76. The molecule has 0 amide bonds. The van der Waals surface area contributed by atoms with Crippen molar-refractivity contribution in [1.29, 1.82) is 0 Å². The van der Waals surface area contributed by atoms with Gasteiger partial charge in [-0.3, -0.25) is 4.90 Å². The highest BCUT2D eigenvalue weighted by molar-refractivity contribution is 5.92. The molecule has 20 heavy (non-hydrogen) atoms. The second kappa shape index (κ2) is 6.23. The molecule has 0 spiro atoms. The number of nitrogens with two attached hydrogens (primary N) is 1. The smallest absolute Gasteiger partial charge is 0.360 e. The van der Waals surface area contributed by atoms with Crippen LogP contribution in [0.2, 0.25) is 0 Å². The molecule has 1 aliphatic rings. The summed E-state index contributed by atoms with van der Waals surface area (Å²) in [7, 11) is 4.22. The number of aromatic nitrogens is 2. The number of piperazine rings is 1. The van der Waals surface area contributed by atoms with Crippen LogP contribution in [0.25, 0.3) is 0 Å². The average molecular weight is 281 g/mol. The fraction of sp³-hybridized carbons (Fsp3) is 0.692. The molecule has 1 aliphatic heterocycles. The molecular weight excluding hydrogens is 258 g/mol. The number of rotatable bonds is 4. The summed E-state index contributed by atoms with van der Waals surface area (Å²) >= 11 is 0. The first-order chi connectivity index (χ1) is 9.52. The molecule has 1 atom stereocenters. The fourth-order valence-corrected chi connectivity index (χ4v) is 2.42. The van der Waals surface area contributed by atoms with Crippen LogP contribution in [0.3, 0.4) is 0 Å². The number of hydrogen-bond acceptors (Lipinski definition) is 6. The van der Waals surface area contributed by atoms with Crippen molar-refractivity contribution in [3.05, 3.63) is 12.0 Å². The Morgan fingerprint density at radius 3 is 2.95 bits per heavy atom. The van der Waals surface area contributed by atoms with Gasteiger partial charge in [0.25, 0.3) is 0 Å². The maximum absolute atomic E-state index is 11.7. The number of carbonyl (C=O) groups excluding carboxylic acids is 1. The summed E-state index contributed by atoms with van der Waals surface area (Å²) in [5.41, 5.74) is 6.21. The van der Waals surface area contributed by atoms with Crippen molar-refractivity contribution in [3.63, 3.8) is 0 Å². The summed E-state index contributed by atoms with van der Waals surface area (Å²) in [6, 6.07) is 0.361. The zero-order valence-corrected chi connectivity index (χ0v) is 12.4. The topological polar surface area (TPSA) is 76.6 Å². The van der Waals surface area contributed by atoms with Crippen molar-refractivity contribution in [2.24, 2.45) is 0 Å². The van der Waals surface area contributed by atoms with Crippen LogP contribution in [0.1, 0.15) is 17.4 Å². The molecule has 0 aliphatic carbocycles. The summed E-state index contributed by atoms with van der Waals surface area (Å²) in [5.74, 6) is -0.0806. The van der Waals surface area contributed by atoms with Crippen LogP contribution in [-0.4, -0.2) is 71.7 Å². The molecule has 0 radical (unpaired) electrons. The minimum atomic E-state index is -0.460. The number of carbonyl (C=O) groups is 1. The van der Waals surface area contributed by atoms with Gasteiger partial charge >= 0.3 is 5.97 Å². The minimum absolute atomic E-state index is 0.207. The molecule has 0 saturated carbocycles. The van der Waals surface area contributed by atoms with E-state index >= 15 is 0 Å². The Morgan fingerprint density at radius 2 is 2.25 bits per heavy atom. The van der Waals surface area contributed by atoms with Crippen molar-refractivity contribution < 1.29 is 9.53 Å². The monoisotopic (exact) mass is 281 g/mol. The van der Waals surface area contributed by atoms with E-state index in [4.69, 9.17) is 10.5 Å². The Kier molecular flexibility index (Phi) is 4.61. The maximum Gasteiger partial charge on any atom is 0.360 e. The van der Waals surface area contributed by atoms with Gasteiger partial charge < -0.3 is 19.9 Å². The molecule has 112 valence electrons. The lowest BCUT2D eigenvalue weighted by atomic mass is 10.2. The highest BCUT2D eigenvalue weighted by Crippen LogP contribution is 2.15. The quantitative estimate of drug-likeness (QED) is 0.776. The molecule has 0 aromatic carbocycles. The third-order valence-corrected chi connectivity index (χ3v) is 3.73. The first-order valence-electron chi connectivity index (χ1n) is 6.89. The highest BCUT2D eigenvalue weighted by Gasteiger charge is 2.24. The maximum atomic E-state index is 11.7. The van der Waals surface area contributed by atoms with Gasteiger partial charge in [-0.2, -0.15) is 0 Å². The molecule has 1 aromatic rings. The number of imidazole rings is 1. The first-order valence-corrected chi connectivity index (χ1v) is 6.89. The molecule has 1 unspecified atom stereocenters. The Balaban J connectivity index is 2.08. The Hall–Kier alpha value is -1.60. The van der Waals surface area contributed by atoms with Gasteiger partial charge in [0.2, 0.25) is 0 Å². The van der Waals surface area contributed by atoms with Crippen LogP contribution in [0.15, 0.2) is 6.33 Å². The summed E-state index contributed by atoms with van der Waals surface area (Å²) < 4.78 is 6.76. The zero-order valence-electron chi connectivity index (χ0n) is 12.4. The predicted octanol–water partition coefficient (Wildman–Crippen LogP) is -0.112. The van der Waals surface area contributed by atoms with Gasteiger partial charge in [-0.1, -0.05) is 0 Å². The first kappa shape index (κ1) is 14.8. The zero-order chi connectivity index (χ0) is 14.7. The van der Waals surface area contributed by atoms with Gasteiger partial charge in [-0.05, 0) is 21.0 Å². The van der Waals surface area contributed by atoms with Crippen molar-refractivity contribution in [2.45, 2.75) is 19.5 Å². The van der Waals surface area contributed by atoms with Crippen LogP contribution < -0.4 is 5.73 Å². The molecule has 7 nitrogen and oxygen atoms in total. The second-order valence-corrected chi connectivity index (χ2v) is 5.25. The number of hydrogen-bond donors (Lipinski definition) is 1. The molecule has 2 rings (SSSR count). The van der Waals surface area contributed by atoms with Gasteiger partial charge in [-0.15, -0.1) is 0 Å². The third kappa shape index (κ3) is 3.10. The lowest BCUT2D eigenvalue weighted by Crippen LogP contribution is -2.51. The van der Waals surface area contributed by atoms with E-state index < -0.39 is 5.97 Å². The summed E-state index contributed by atoms with van der Waals surface area (Å²) in [4.78, 5) is 20.4. The number of anilines is 1. The lowest BCUT2D eigenvalue weighted by Gasteiger charge is -2.37. The van der Waals surface area contributed by atoms with Crippen molar-refractivity contribution in [1.82, 2.24) is 19.4 Å².